The Kier molecular flexibility index (Phi) is 10.2. The molecule has 0 aliphatic rings. The Balaban J connectivity index is 0.00000625. The number of nitrogens with one attached hydrogen (secondary N) is 1. The summed E-state index contributed by atoms with van der Waals surface area (Å²) in [5.41, 5.74) is 6.03. The van der Waals surface area contributed by atoms with Gasteiger partial charge in [-0.1, -0.05) is 13.8 Å². The van der Waals surface area contributed by atoms with Crippen molar-refractivity contribution in [1.29, 1.82) is 0 Å². The zero-order chi connectivity index (χ0) is 19.1. The first-order valence-electron chi connectivity index (χ1n) is 7.48. The first kappa shape index (κ1) is 24.7. The normalized spacial score (nSPS) is 12.6. The van der Waals surface area contributed by atoms with E-state index < -0.39 is 16.4 Å². The van der Waals surface area contributed by atoms with E-state index in [4.69, 9.17) is 5.73 Å². The Morgan fingerprint density at radius 3 is 2.23 bits per heavy atom. The standard InChI is InChI=1S/C14H21F3N4O3S.HI/c1-3-21(4-2)25(22,23)10-9-19-13(18)20-11-5-7-12(8-6-11)24-14(15,16)17;/h5-8H,3-4,9-10H2,1-2H3,(H3,18,19,20);1H. The summed E-state index contributed by atoms with van der Waals surface area (Å²) in [6.45, 7) is 4.21. The third-order valence-corrected chi connectivity index (χ3v) is 5.09. The Morgan fingerprint density at radius 1 is 1.23 bits per heavy atom. The van der Waals surface area contributed by atoms with Crippen LogP contribution >= 0.6 is 24.0 Å². The second kappa shape index (κ2) is 10.8. The van der Waals surface area contributed by atoms with Gasteiger partial charge in [0.2, 0.25) is 10.0 Å². The van der Waals surface area contributed by atoms with Crippen molar-refractivity contribution in [3.8, 4) is 5.75 Å². The van der Waals surface area contributed by atoms with E-state index in [0.29, 0.717) is 18.8 Å². The van der Waals surface area contributed by atoms with Crippen molar-refractivity contribution in [2.75, 3.05) is 30.7 Å². The minimum atomic E-state index is -4.76. The molecule has 0 atom stereocenters. The summed E-state index contributed by atoms with van der Waals surface area (Å²) in [5.74, 6) is -0.590. The van der Waals surface area contributed by atoms with Crippen LogP contribution in [0.25, 0.3) is 0 Å². The van der Waals surface area contributed by atoms with Gasteiger partial charge in [-0.2, -0.15) is 0 Å². The highest BCUT2D eigenvalue weighted by atomic mass is 127. The molecule has 0 aromatic heterocycles. The highest BCUT2D eigenvalue weighted by molar-refractivity contribution is 14.0. The number of hydrogen-bond donors (Lipinski definition) is 2. The van der Waals surface area contributed by atoms with Crippen LogP contribution in [0.2, 0.25) is 0 Å². The van der Waals surface area contributed by atoms with E-state index in [1.54, 1.807) is 13.8 Å². The SMILES string of the molecule is CCN(CC)S(=O)(=O)CCN=C(N)Nc1ccc(OC(F)(F)F)cc1.I. The van der Waals surface area contributed by atoms with Gasteiger partial charge in [0.15, 0.2) is 5.96 Å². The maximum absolute atomic E-state index is 12.1. The van der Waals surface area contributed by atoms with Gasteiger partial charge in [0.1, 0.15) is 5.75 Å². The molecule has 150 valence electrons. The summed E-state index contributed by atoms with van der Waals surface area (Å²) in [4.78, 5) is 3.90. The van der Waals surface area contributed by atoms with Gasteiger partial charge >= 0.3 is 6.36 Å². The van der Waals surface area contributed by atoms with E-state index in [2.05, 4.69) is 15.0 Å². The van der Waals surface area contributed by atoms with Gasteiger partial charge in [-0.05, 0) is 24.3 Å². The van der Waals surface area contributed by atoms with Gasteiger partial charge in [0.25, 0.3) is 0 Å². The van der Waals surface area contributed by atoms with Crippen molar-refractivity contribution in [3.05, 3.63) is 24.3 Å². The summed E-state index contributed by atoms with van der Waals surface area (Å²) >= 11 is 0. The fourth-order valence-electron chi connectivity index (χ4n) is 1.95. The fraction of sp³-hybridized carbons (Fsp3) is 0.500. The van der Waals surface area contributed by atoms with Crippen LogP contribution in [0.5, 0.6) is 5.75 Å². The van der Waals surface area contributed by atoms with Gasteiger partial charge in [0.05, 0.1) is 12.3 Å². The van der Waals surface area contributed by atoms with E-state index in [1.807, 2.05) is 0 Å². The van der Waals surface area contributed by atoms with Crippen LogP contribution in [-0.4, -0.2) is 50.4 Å². The lowest BCUT2D eigenvalue weighted by Gasteiger charge is -2.17. The number of alkyl halides is 3. The zero-order valence-electron chi connectivity index (χ0n) is 14.3. The van der Waals surface area contributed by atoms with Crippen LogP contribution in [0.15, 0.2) is 29.3 Å². The molecular formula is C14H22F3IN4O3S. The molecule has 1 rings (SSSR count). The van der Waals surface area contributed by atoms with Crippen LogP contribution in [0.4, 0.5) is 18.9 Å². The zero-order valence-corrected chi connectivity index (χ0v) is 17.4. The van der Waals surface area contributed by atoms with Crippen molar-refractivity contribution in [3.63, 3.8) is 0 Å². The van der Waals surface area contributed by atoms with Crippen LogP contribution in [0.3, 0.4) is 0 Å². The maximum Gasteiger partial charge on any atom is 0.573 e. The minimum Gasteiger partial charge on any atom is -0.406 e. The smallest absolute Gasteiger partial charge is 0.406 e. The summed E-state index contributed by atoms with van der Waals surface area (Å²) in [6, 6.07) is 4.90. The number of anilines is 1. The van der Waals surface area contributed by atoms with Crippen LogP contribution in [0.1, 0.15) is 13.8 Å². The third-order valence-electron chi connectivity index (χ3n) is 3.09. The number of nitrogens with zero attached hydrogens (tertiary/aromatic N) is 2. The van der Waals surface area contributed by atoms with Crippen molar-refractivity contribution >= 4 is 45.6 Å². The largest absolute Gasteiger partial charge is 0.573 e. The van der Waals surface area contributed by atoms with E-state index in [9.17, 15) is 21.6 Å². The summed E-state index contributed by atoms with van der Waals surface area (Å²) < 4.78 is 65.2. The lowest BCUT2D eigenvalue weighted by Crippen LogP contribution is -2.34. The summed E-state index contributed by atoms with van der Waals surface area (Å²) in [7, 11) is -3.39. The quantitative estimate of drug-likeness (QED) is 0.319. The van der Waals surface area contributed by atoms with Crippen LogP contribution in [0, 0.1) is 0 Å². The maximum atomic E-state index is 12.1. The minimum absolute atomic E-state index is 0. The number of sulfonamides is 1. The summed E-state index contributed by atoms with van der Waals surface area (Å²) in [6.07, 6.45) is -4.76. The monoisotopic (exact) mass is 510 g/mol. The number of nitrogens with two attached hydrogens (primary N) is 1. The molecule has 0 aliphatic heterocycles. The number of rotatable bonds is 8. The van der Waals surface area contributed by atoms with E-state index in [0.717, 1.165) is 12.1 Å². The molecule has 12 heteroatoms. The Labute approximate surface area is 167 Å². The fourth-order valence-corrected chi connectivity index (χ4v) is 3.32. The number of aliphatic imine (C=N–C) groups is 1. The highest BCUT2D eigenvalue weighted by Gasteiger charge is 2.30. The van der Waals surface area contributed by atoms with Crippen molar-refractivity contribution < 1.29 is 26.3 Å². The molecule has 1 aromatic carbocycles. The summed E-state index contributed by atoms with van der Waals surface area (Å²) in [5, 5.41) is 2.66. The first-order valence-corrected chi connectivity index (χ1v) is 9.09. The lowest BCUT2D eigenvalue weighted by atomic mass is 10.3. The van der Waals surface area contributed by atoms with Gasteiger partial charge in [-0.25, -0.2) is 12.7 Å². The van der Waals surface area contributed by atoms with Crippen LogP contribution < -0.4 is 15.8 Å². The molecule has 0 aliphatic carbocycles. The van der Waals surface area contributed by atoms with Gasteiger partial charge < -0.3 is 15.8 Å². The van der Waals surface area contributed by atoms with Crippen LogP contribution in [-0.2, 0) is 10.0 Å². The average Bonchev–Trinajstić information content (AvgIpc) is 2.48. The molecule has 0 saturated carbocycles. The molecule has 1 aromatic rings. The Bertz CT molecular complexity index is 678. The molecule has 26 heavy (non-hydrogen) atoms. The topological polar surface area (TPSA) is 97.0 Å². The second-order valence-corrected chi connectivity index (χ2v) is 6.95. The molecule has 0 bridgehead atoms. The molecular weight excluding hydrogens is 488 g/mol. The highest BCUT2D eigenvalue weighted by Crippen LogP contribution is 2.23. The average molecular weight is 510 g/mol. The van der Waals surface area contributed by atoms with Crippen molar-refractivity contribution in [1.82, 2.24) is 4.31 Å². The predicted molar refractivity (Wildman–Crippen MR) is 105 cm³/mol. The lowest BCUT2D eigenvalue weighted by molar-refractivity contribution is -0.274. The van der Waals surface area contributed by atoms with Gasteiger partial charge in [0, 0.05) is 18.8 Å². The number of benzene rings is 1. The van der Waals surface area contributed by atoms with E-state index in [1.165, 1.54) is 16.4 Å². The van der Waals surface area contributed by atoms with E-state index >= 15 is 0 Å². The Morgan fingerprint density at radius 2 is 1.77 bits per heavy atom. The number of halogens is 4. The molecule has 0 spiro atoms. The number of ether oxygens (including phenoxy) is 1. The van der Waals surface area contributed by atoms with Crippen molar-refractivity contribution in [2.24, 2.45) is 10.7 Å². The number of guanidine groups is 1. The molecule has 0 radical (unpaired) electrons. The van der Waals surface area contributed by atoms with Crippen molar-refractivity contribution in [2.45, 2.75) is 20.2 Å². The predicted octanol–water partition coefficient (Wildman–Crippen LogP) is 2.60. The molecule has 7 nitrogen and oxygen atoms in total. The third kappa shape index (κ3) is 8.89. The van der Waals surface area contributed by atoms with Gasteiger partial charge in [-0.3, -0.25) is 4.99 Å². The molecule has 3 N–H and O–H groups in total. The first-order chi connectivity index (χ1) is 11.6. The van der Waals surface area contributed by atoms with E-state index in [-0.39, 0.29) is 48.0 Å². The molecule has 0 heterocycles. The van der Waals surface area contributed by atoms with Gasteiger partial charge in [-0.15, -0.1) is 37.1 Å². The Hall–Kier alpha value is -1.28. The molecule has 0 unspecified atom stereocenters. The molecule has 0 fully saturated rings. The second-order valence-electron chi connectivity index (χ2n) is 4.86. The molecule has 0 saturated heterocycles. The number of hydrogen-bond acceptors (Lipinski definition) is 4. The molecule has 0 amide bonds.